The molecular formula is C25H22N4O4S2. The molecule has 1 saturated heterocycles. The topological polar surface area (TPSA) is 98.8 Å². The Hall–Kier alpha value is -3.31. The zero-order valence-electron chi connectivity index (χ0n) is 18.6. The summed E-state index contributed by atoms with van der Waals surface area (Å²) in [6.45, 7) is 1.80. The number of carbonyl (C=O) groups excluding carboxylic acids is 1. The predicted octanol–water partition coefficient (Wildman–Crippen LogP) is 5.19. The molecule has 8 nitrogen and oxygen atoms in total. The molecule has 10 heteroatoms. The second kappa shape index (κ2) is 11.0. The molecule has 1 N–H and O–H groups in total. The average Bonchev–Trinajstić information content (AvgIpc) is 3.67. The molecule has 35 heavy (non-hydrogen) atoms. The lowest BCUT2D eigenvalue weighted by Crippen LogP contribution is -2.13. The molecule has 1 aromatic carbocycles. The quantitative estimate of drug-likeness (QED) is 0.252. The fourth-order valence-electron chi connectivity index (χ4n) is 3.58. The van der Waals surface area contributed by atoms with Crippen molar-refractivity contribution in [2.45, 2.75) is 17.6 Å². The number of benzene rings is 1. The number of aliphatic imine (C=N–C) groups is 1. The summed E-state index contributed by atoms with van der Waals surface area (Å²) in [5.41, 5.74) is 4.24. The van der Waals surface area contributed by atoms with Crippen molar-refractivity contribution < 1.29 is 18.7 Å². The number of thiol groups is 1. The number of thiazole rings is 1. The van der Waals surface area contributed by atoms with E-state index in [4.69, 9.17) is 13.9 Å². The number of aromatic nitrogens is 2. The summed E-state index contributed by atoms with van der Waals surface area (Å²) in [5.74, 6) is -0.309. The largest absolute Gasteiger partial charge is 0.472 e. The van der Waals surface area contributed by atoms with Gasteiger partial charge in [-0.3, -0.25) is 14.8 Å². The maximum Gasteiger partial charge on any atom is 0.275 e. The summed E-state index contributed by atoms with van der Waals surface area (Å²) >= 11 is 6.04. The highest BCUT2D eigenvalue weighted by Gasteiger charge is 2.17. The Kier molecular flexibility index (Phi) is 7.34. The molecule has 0 aliphatic carbocycles. The van der Waals surface area contributed by atoms with Crippen LogP contribution in [0.4, 0.5) is 5.69 Å². The number of rotatable bonds is 8. The Morgan fingerprint density at radius 2 is 2.03 bits per heavy atom. The molecule has 0 spiro atoms. The number of hydrogen-bond donors (Lipinski definition) is 2. The fraction of sp³-hybridized carbons (Fsp3) is 0.200. The van der Waals surface area contributed by atoms with Gasteiger partial charge < -0.3 is 19.2 Å². The second-order valence-corrected chi connectivity index (χ2v) is 9.03. The molecule has 0 radical (unpaired) electrons. The van der Waals surface area contributed by atoms with Crippen LogP contribution in [0.25, 0.3) is 21.7 Å². The SMILES string of the molecule is O=C(Nc1cc(C=NCCC2OCCO2)c(S)cc1-c1ccoc1)c1csc(-c2ccncc2)n1. The van der Waals surface area contributed by atoms with Crippen molar-refractivity contribution in [3.05, 3.63) is 71.9 Å². The predicted molar refractivity (Wildman–Crippen MR) is 137 cm³/mol. The highest BCUT2D eigenvalue weighted by Crippen LogP contribution is 2.33. The van der Waals surface area contributed by atoms with Crippen molar-refractivity contribution in [2.24, 2.45) is 4.99 Å². The molecule has 5 rings (SSSR count). The van der Waals surface area contributed by atoms with E-state index < -0.39 is 0 Å². The zero-order chi connectivity index (χ0) is 24.0. The molecule has 1 aliphatic heterocycles. The van der Waals surface area contributed by atoms with E-state index in [1.165, 1.54) is 11.3 Å². The Morgan fingerprint density at radius 1 is 1.20 bits per heavy atom. The second-order valence-electron chi connectivity index (χ2n) is 7.69. The lowest BCUT2D eigenvalue weighted by molar-refractivity contribution is -0.0445. The molecule has 3 aromatic heterocycles. The number of hydrogen-bond acceptors (Lipinski definition) is 9. The van der Waals surface area contributed by atoms with E-state index in [-0.39, 0.29) is 12.2 Å². The van der Waals surface area contributed by atoms with Crippen LogP contribution in [0.2, 0.25) is 0 Å². The molecule has 1 fully saturated rings. The van der Waals surface area contributed by atoms with E-state index in [0.717, 1.165) is 32.2 Å². The highest BCUT2D eigenvalue weighted by molar-refractivity contribution is 7.80. The number of pyridine rings is 1. The van der Waals surface area contributed by atoms with Crippen molar-refractivity contribution in [2.75, 3.05) is 25.1 Å². The molecule has 0 atom stereocenters. The van der Waals surface area contributed by atoms with Gasteiger partial charge in [0.2, 0.25) is 0 Å². The number of carbonyl (C=O) groups is 1. The highest BCUT2D eigenvalue weighted by atomic mass is 32.1. The molecule has 1 amide bonds. The van der Waals surface area contributed by atoms with E-state index in [1.807, 2.05) is 30.3 Å². The van der Waals surface area contributed by atoms with E-state index in [1.54, 1.807) is 36.5 Å². The van der Waals surface area contributed by atoms with Crippen LogP contribution in [-0.2, 0) is 9.47 Å². The Morgan fingerprint density at radius 3 is 2.80 bits per heavy atom. The van der Waals surface area contributed by atoms with Crippen LogP contribution in [0.15, 0.2) is 74.9 Å². The zero-order valence-corrected chi connectivity index (χ0v) is 20.3. The van der Waals surface area contributed by atoms with Crippen LogP contribution in [-0.4, -0.2) is 48.1 Å². The third kappa shape index (κ3) is 5.68. The van der Waals surface area contributed by atoms with Crippen LogP contribution in [0.1, 0.15) is 22.5 Å². The molecule has 1 aliphatic rings. The number of amides is 1. The lowest BCUT2D eigenvalue weighted by atomic mass is 10.0. The normalized spacial score (nSPS) is 14.1. The number of furan rings is 1. The van der Waals surface area contributed by atoms with Gasteiger partial charge in [0.1, 0.15) is 10.7 Å². The molecule has 0 saturated carbocycles. The van der Waals surface area contributed by atoms with Crippen LogP contribution in [0.5, 0.6) is 0 Å². The molecule has 0 unspecified atom stereocenters. The van der Waals surface area contributed by atoms with Crippen LogP contribution >= 0.6 is 24.0 Å². The minimum absolute atomic E-state index is 0.198. The first-order valence-electron chi connectivity index (χ1n) is 11.0. The van der Waals surface area contributed by atoms with Gasteiger partial charge in [0.15, 0.2) is 6.29 Å². The lowest BCUT2D eigenvalue weighted by Gasteiger charge is -2.12. The fourth-order valence-corrected chi connectivity index (χ4v) is 4.63. The maximum absolute atomic E-state index is 13.1. The smallest absolute Gasteiger partial charge is 0.275 e. The number of anilines is 1. The van der Waals surface area contributed by atoms with Crippen LogP contribution < -0.4 is 5.32 Å². The summed E-state index contributed by atoms with van der Waals surface area (Å²) in [5, 5.41) is 5.49. The van der Waals surface area contributed by atoms with Crippen molar-refractivity contribution in [3.8, 4) is 21.7 Å². The van der Waals surface area contributed by atoms with E-state index >= 15 is 0 Å². The van der Waals surface area contributed by atoms with E-state index in [2.05, 4.69) is 32.9 Å². The van der Waals surface area contributed by atoms with Gasteiger partial charge in [-0.25, -0.2) is 4.98 Å². The molecule has 4 heterocycles. The van der Waals surface area contributed by atoms with Gasteiger partial charge >= 0.3 is 0 Å². The van der Waals surface area contributed by atoms with Crippen molar-refractivity contribution >= 4 is 41.8 Å². The third-order valence-corrected chi connectivity index (χ3v) is 6.61. The Bertz CT molecular complexity index is 1320. The first-order valence-corrected chi connectivity index (χ1v) is 12.3. The van der Waals surface area contributed by atoms with Crippen molar-refractivity contribution in [1.82, 2.24) is 9.97 Å². The third-order valence-electron chi connectivity index (χ3n) is 5.33. The maximum atomic E-state index is 13.1. The van der Waals surface area contributed by atoms with Crippen LogP contribution in [0, 0.1) is 0 Å². The van der Waals surface area contributed by atoms with Gasteiger partial charge in [0.25, 0.3) is 5.91 Å². The molecule has 4 aromatic rings. The summed E-state index contributed by atoms with van der Waals surface area (Å²) in [6.07, 6.45) is 8.83. The monoisotopic (exact) mass is 506 g/mol. The van der Waals surface area contributed by atoms with Crippen molar-refractivity contribution in [3.63, 3.8) is 0 Å². The Balaban J connectivity index is 1.37. The summed E-state index contributed by atoms with van der Waals surface area (Å²) in [6, 6.07) is 9.29. The van der Waals surface area contributed by atoms with E-state index in [0.29, 0.717) is 37.6 Å². The molecule has 178 valence electrons. The first kappa shape index (κ1) is 23.4. The summed E-state index contributed by atoms with van der Waals surface area (Å²) in [4.78, 5) is 26.8. The van der Waals surface area contributed by atoms with Gasteiger partial charge in [0, 0.05) is 69.8 Å². The Labute approximate surface area is 211 Å². The summed E-state index contributed by atoms with van der Waals surface area (Å²) in [7, 11) is 0. The number of nitrogens with zero attached hydrogens (tertiary/aromatic N) is 3. The van der Waals surface area contributed by atoms with Gasteiger partial charge in [-0.15, -0.1) is 24.0 Å². The number of nitrogens with one attached hydrogen (secondary N) is 1. The summed E-state index contributed by atoms with van der Waals surface area (Å²) < 4.78 is 16.2. The van der Waals surface area contributed by atoms with Gasteiger partial charge in [-0.1, -0.05) is 0 Å². The van der Waals surface area contributed by atoms with Gasteiger partial charge in [-0.05, 0) is 30.3 Å². The van der Waals surface area contributed by atoms with Crippen molar-refractivity contribution in [1.29, 1.82) is 0 Å². The average molecular weight is 507 g/mol. The van der Waals surface area contributed by atoms with Gasteiger partial charge in [0.05, 0.1) is 25.7 Å². The molecular weight excluding hydrogens is 484 g/mol. The number of ether oxygens (including phenoxy) is 2. The minimum atomic E-state index is -0.309. The minimum Gasteiger partial charge on any atom is -0.472 e. The standard InChI is InChI=1S/C25H22N4O4S2/c30-24(21-15-35-25(29-21)16-1-5-26-6-2-16)28-20-11-18(13-27-7-3-23-32-9-10-33-23)22(34)12-19(20)17-4-8-31-14-17/h1-2,4-6,8,11-15,23,34H,3,7,9-10H2,(H,28,30). The first-order chi connectivity index (χ1) is 17.2. The molecule has 0 bridgehead atoms. The van der Waals surface area contributed by atoms with Crippen LogP contribution in [0.3, 0.4) is 0 Å². The van der Waals surface area contributed by atoms with E-state index in [9.17, 15) is 4.79 Å². The van der Waals surface area contributed by atoms with Gasteiger partial charge in [-0.2, -0.15) is 0 Å².